The predicted octanol–water partition coefficient (Wildman–Crippen LogP) is 0.281. The van der Waals surface area contributed by atoms with E-state index in [1.165, 1.54) is 4.80 Å². The van der Waals surface area contributed by atoms with Crippen LogP contribution in [-0.2, 0) is 23.0 Å². The number of aromatic nitrogens is 4. The highest BCUT2D eigenvalue weighted by Crippen LogP contribution is 2.34. The molecule has 0 radical (unpaired) electrons. The van der Waals surface area contributed by atoms with E-state index in [9.17, 15) is 4.79 Å². The van der Waals surface area contributed by atoms with E-state index in [-0.39, 0.29) is 12.2 Å². The molecule has 16 heavy (non-hydrogen) atoms. The van der Waals surface area contributed by atoms with Crippen molar-refractivity contribution in [2.75, 3.05) is 7.11 Å². The second kappa shape index (κ2) is 4.29. The van der Waals surface area contributed by atoms with Crippen LogP contribution in [0.2, 0.25) is 0 Å². The molecule has 0 amide bonds. The monoisotopic (exact) mass is 224 g/mol. The molecule has 0 aliphatic heterocycles. The number of ketones is 1. The Kier molecular flexibility index (Phi) is 3.00. The quantitative estimate of drug-likeness (QED) is 0.734. The average Bonchev–Trinajstić information content (AvgIpc) is 2.88. The maximum Gasteiger partial charge on any atom is 0.182 e. The lowest BCUT2D eigenvalue weighted by atomic mass is 9.94. The van der Waals surface area contributed by atoms with Gasteiger partial charge >= 0.3 is 0 Å². The van der Waals surface area contributed by atoms with E-state index < -0.39 is 5.60 Å². The summed E-state index contributed by atoms with van der Waals surface area (Å²) in [6.07, 6.45) is 3.92. The summed E-state index contributed by atoms with van der Waals surface area (Å²) in [7, 11) is 3.29. The number of tetrazole rings is 1. The molecule has 1 aliphatic carbocycles. The molecule has 6 nitrogen and oxygen atoms in total. The molecule has 0 atom stereocenters. The molecule has 1 fully saturated rings. The minimum Gasteiger partial charge on any atom is -0.370 e. The third-order valence-corrected chi connectivity index (χ3v) is 3.18. The molecule has 6 heteroatoms. The summed E-state index contributed by atoms with van der Waals surface area (Å²) in [5.41, 5.74) is -0.598. The Morgan fingerprint density at radius 3 is 2.69 bits per heavy atom. The summed E-state index contributed by atoms with van der Waals surface area (Å²) >= 11 is 0. The maximum atomic E-state index is 12.1. The van der Waals surface area contributed by atoms with E-state index in [0.717, 1.165) is 25.7 Å². The van der Waals surface area contributed by atoms with Crippen LogP contribution in [0.15, 0.2) is 0 Å². The second-order valence-electron chi connectivity index (χ2n) is 4.20. The van der Waals surface area contributed by atoms with Gasteiger partial charge in [0.05, 0.1) is 13.5 Å². The van der Waals surface area contributed by atoms with Crippen LogP contribution in [0.4, 0.5) is 0 Å². The van der Waals surface area contributed by atoms with Gasteiger partial charge in [-0.2, -0.15) is 4.80 Å². The summed E-state index contributed by atoms with van der Waals surface area (Å²) in [6.45, 7) is 0. The number of carbonyl (C=O) groups excluding carboxylic acids is 1. The number of rotatable bonds is 4. The molecular weight excluding hydrogens is 208 g/mol. The van der Waals surface area contributed by atoms with Crippen LogP contribution in [0.3, 0.4) is 0 Å². The van der Waals surface area contributed by atoms with Crippen LogP contribution in [0, 0.1) is 0 Å². The zero-order chi connectivity index (χ0) is 11.6. The Balaban J connectivity index is 2.07. The molecule has 1 aromatic heterocycles. The molecule has 0 N–H and O–H groups in total. The number of hydrogen-bond acceptors (Lipinski definition) is 5. The highest BCUT2D eigenvalue weighted by molar-refractivity contribution is 5.88. The first-order valence-electron chi connectivity index (χ1n) is 5.48. The Bertz CT molecular complexity index is 382. The van der Waals surface area contributed by atoms with Crippen LogP contribution < -0.4 is 0 Å². The first kappa shape index (κ1) is 11.2. The summed E-state index contributed by atoms with van der Waals surface area (Å²) in [6, 6.07) is 0. The second-order valence-corrected chi connectivity index (χ2v) is 4.20. The van der Waals surface area contributed by atoms with Crippen molar-refractivity contribution < 1.29 is 9.53 Å². The van der Waals surface area contributed by atoms with E-state index in [1.54, 1.807) is 14.2 Å². The van der Waals surface area contributed by atoms with Gasteiger partial charge in [0.25, 0.3) is 0 Å². The van der Waals surface area contributed by atoms with Gasteiger partial charge in [0, 0.05) is 7.11 Å². The normalized spacial score (nSPS) is 18.9. The van der Waals surface area contributed by atoms with Crippen molar-refractivity contribution in [1.82, 2.24) is 20.2 Å². The van der Waals surface area contributed by atoms with Crippen LogP contribution in [0.1, 0.15) is 31.5 Å². The summed E-state index contributed by atoms with van der Waals surface area (Å²) in [4.78, 5) is 13.5. The lowest BCUT2D eigenvalue weighted by molar-refractivity contribution is -0.139. The summed E-state index contributed by atoms with van der Waals surface area (Å²) in [5.74, 6) is 0.538. The molecule has 0 bridgehead atoms. The smallest absolute Gasteiger partial charge is 0.182 e. The SMILES string of the molecule is COC1(C(=O)Cc2nnn(C)n2)CCCC1. The topological polar surface area (TPSA) is 69.9 Å². The van der Waals surface area contributed by atoms with Crippen LogP contribution >= 0.6 is 0 Å². The third kappa shape index (κ3) is 1.97. The van der Waals surface area contributed by atoms with E-state index >= 15 is 0 Å². The lowest BCUT2D eigenvalue weighted by Crippen LogP contribution is -2.39. The molecule has 2 rings (SSSR count). The Morgan fingerprint density at radius 2 is 2.19 bits per heavy atom. The van der Waals surface area contributed by atoms with Crippen molar-refractivity contribution in [2.45, 2.75) is 37.7 Å². The fraction of sp³-hybridized carbons (Fsp3) is 0.800. The van der Waals surface area contributed by atoms with E-state index in [0.29, 0.717) is 5.82 Å². The lowest BCUT2D eigenvalue weighted by Gasteiger charge is -2.24. The molecule has 0 aromatic carbocycles. The number of hydrogen-bond donors (Lipinski definition) is 0. The van der Waals surface area contributed by atoms with Gasteiger partial charge in [0.15, 0.2) is 11.6 Å². The number of nitrogens with zero attached hydrogens (tertiary/aromatic N) is 4. The van der Waals surface area contributed by atoms with E-state index in [2.05, 4.69) is 15.4 Å². The molecule has 0 saturated heterocycles. The largest absolute Gasteiger partial charge is 0.370 e. The fourth-order valence-electron chi connectivity index (χ4n) is 2.24. The highest BCUT2D eigenvalue weighted by atomic mass is 16.5. The molecule has 1 aromatic rings. The standard InChI is InChI=1S/C10H16N4O2/c1-14-12-9(11-13-14)7-8(15)10(16-2)5-3-4-6-10/h3-7H2,1-2H3. The minimum atomic E-state index is -0.598. The Morgan fingerprint density at radius 1 is 1.50 bits per heavy atom. The van der Waals surface area contributed by atoms with E-state index in [1.807, 2.05) is 0 Å². The third-order valence-electron chi connectivity index (χ3n) is 3.18. The van der Waals surface area contributed by atoms with Crippen molar-refractivity contribution in [1.29, 1.82) is 0 Å². The first-order chi connectivity index (χ1) is 7.66. The predicted molar refractivity (Wildman–Crippen MR) is 55.7 cm³/mol. The van der Waals surface area contributed by atoms with Crippen molar-refractivity contribution in [3.63, 3.8) is 0 Å². The van der Waals surface area contributed by atoms with Crippen molar-refractivity contribution in [2.24, 2.45) is 7.05 Å². The number of methoxy groups -OCH3 is 1. The number of Topliss-reactive ketones (excluding diaryl/α,β-unsaturated/α-hetero) is 1. The van der Waals surface area contributed by atoms with Crippen molar-refractivity contribution in [3.8, 4) is 0 Å². The van der Waals surface area contributed by atoms with Gasteiger partial charge in [-0.15, -0.1) is 10.2 Å². The summed E-state index contributed by atoms with van der Waals surface area (Å²) in [5, 5.41) is 11.5. The molecule has 0 spiro atoms. The maximum absolute atomic E-state index is 12.1. The van der Waals surface area contributed by atoms with Gasteiger partial charge in [0.1, 0.15) is 5.60 Å². The zero-order valence-electron chi connectivity index (χ0n) is 9.64. The Labute approximate surface area is 94.0 Å². The van der Waals surface area contributed by atoms with Crippen molar-refractivity contribution in [3.05, 3.63) is 5.82 Å². The van der Waals surface area contributed by atoms with Gasteiger partial charge in [0.2, 0.25) is 0 Å². The van der Waals surface area contributed by atoms with E-state index in [4.69, 9.17) is 4.74 Å². The van der Waals surface area contributed by atoms with Crippen LogP contribution in [-0.4, -0.2) is 38.7 Å². The van der Waals surface area contributed by atoms with Crippen molar-refractivity contribution >= 4 is 5.78 Å². The van der Waals surface area contributed by atoms with Gasteiger partial charge in [-0.1, -0.05) is 0 Å². The number of carbonyl (C=O) groups is 1. The van der Waals surface area contributed by atoms with Gasteiger partial charge in [-0.3, -0.25) is 4.79 Å². The highest BCUT2D eigenvalue weighted by Gasteiger charge is 2.41. The molecule has 1 saturated carbocycles. The van der Waals surface area contributed by atoms with Crippen LogP contribution in [0.25, 0.3) is 0 Å². The molecular formula is C10H16N4O2. The molecule has 1 heterocycles. The van der Waals surface area contributed by atoms with Crippen LogP contribution in [0.5, 0.6) is 0 Å². The first-order valence-corrected chi connectivity index (χ1v) is 5.48. The fourth-order valence-corrected chi connectivity index (χ4v) is 2.24. The zero-order valence-corrected chi connectivity index (χ0v) is 9.64. The minimum absolute atomic E-state index is 0.0699. The molecule has 88 valence electrons. The van der Waals surface area contributed by atoms with Gasteiger partial charge in [-0.25, -0.2) is 0 Å². The van der Waals surface area contributed by atoms with Gasteiger partial charge < -0.3 is 4.74 Å². The molecule has 1 aliphatic rings. The number of aryl methyl sites for hydroxylation is 1. The summed E-state index contributed by atoms with van der Waals surface area (Å²) < 4.78 is 5.41. The number of ether oxygens (including phenoxy) is 1. The molecule has 0 unspecified atom stereocenters. The average molecular weight is 224 g/mol. The Hall–Kier alpha value is -1.30. The van der Waals surface area contributed by atoms with Gasteiger partial charge in [-0.05, 0) is 30.9 Å².